The van der Waals surface area contributed by atoms with Crippen LogP contribution in [0.15, 0.2) is 60.7 Å². The quantitative estimate of drug-likeness (QED) is 0.750. The number of hydroxylamine groups is 1. The summed E-state index contributed by atoms with van der Waals surface area (Å²) < 4.78 is 0. The van der Waals surface area contributed by atoms with Crippen molar-refractivity contribution in [2.75, 3.05) is 0 Å². The molecule has 0 saturated carbocycles. The minimum absolute atomic E-state index is 0.0150. The van der Waals surface area contributed by atoms with Crippen molar-refractivity contribution in [3.05, 3.63) is 71.8 Å². The Bertz CT molecular complexity index is 627. The molecule has 2 N–H and O–H groups in total. The minimum Gasteiger partial charge on any atom is -0.334 e. The number of carbonyl (C=O) groups excluding carboxylic acids is 1. The van der Waals surface area contributed by atoms with Crippen molar-refractivity contribution in [3.63, 3.8) is 0 Å². The van der Waals surface area contributed by atoms with E-state index in [1.807, 2.05) is 55.5 Å². The van der Waals surface area contributed by atoms with Gasteiger partial charge < -0.3 is 5.32 Å². The van der Waals surface area contributed by atoms with Crippen molar-refractivity contribution in [1.82, 2.24) is 10.8 Å². The van der Waals surface area contributed by atoms with E-state index in [9.17, 15) is 4.79 Å². The summed E-state index contributed by atoms with van der Waals surface area (Å²) in [4.78, 5) is 17.2. The molecule has 0 fully saturated rings. The molecule has 0 radical (unpaired) electrons. The molecule has 0 aliphatic heterocycles. The lowest BCUT2D eigenvalue weighted by Crippen LogP contribution is -2.43. The molecule has 2 amide bonds. The molecule has 2 aromatic carbocycles. The Morgan fingerprint density at radius 1 is 1.04 bits per heavy atom. The van der Waals surface area contributed by atoms with Crippen LogP contribution in [0.2, 0.25) is 0 Å². The third-order valence-electron chi connectivity index (χ3n) is 4.00. The summed E-state index contributed by atoms with van der Waals surface area (Å²) in [6, 6.07) is 19.8. The highest BCUT2D eigenvalue weighted by Gasteiger charge is 2.23. The highest BCUT2D eigenvalue weighted by atomic mass is 16.7. The van der Waals surface area contributed by atoms with Crippen LogP contribution in [0.3, 0.4) is 0 Å². The predicted molar refractivity (Wildman–Crippen MR) is 96.4 cm³/mol. The van der Waals surface area contributed by atoms with Gasteiger partial charge in [-0.1, -0.05) is 74.5 Å². The lowest BCUT2D eigenvalue weighted by atomic mass is 9.79. The molecular formula is C20H26N2O2. The second-order valence-electron chi connectivity index (χ2n) is 6.70. The van der Waals surface area contributed by atoms with Crippen LogP contribution < -0.4 is 10.8 Å². The summed E-state index contributed by atoms with van der Waals surface area (Å²) in [6.45, 7) is 6.72. The zero-order chi connectivity index (χ0) is 17.4. The summed E-state index contributed by atoms with van der Waals surface area (Å²) >= 11 is 0. The molecule has 0 saturated heterocycles. The Morgan fingerprint density at radius 2 is 1.62 bits per heavy atom. The van der Waals surface area contributed by atoms with Crippen LogP contribution in [-0.4, -0.2) is 12.1 Å². The monoisotopic (exact) mass is 326 g/mol. The topological polar surface area (TPSA) is 50.4 Å². The second-order valence-corrected chi connectivity index (χ2v) is 6.70. The van der Waals surface area contributed by atoms with Crippen molar-refractivity contribution >= 4 is 6.03 Å². The first-order valence-corrected chi connectivity index (χ1v) is 8.25. The largest absolute Gasteiger partial charge is 0.338 e. The molecule has 2 aromatic rings. The van der Waals surface area contributed by atoms with Crippen molar-refractivity contribution < 1.29 is 9.63 Å². The molecule has 4 nitrogen and oxygen atoms in total. The van der Waals surface area contributed by atoms with Gasteiger partial charge in [-0.25, -0.2) is 10.3 Å². The molecule has 2 rings (SSSR count). The molecule has 1 unspecified atom stereocenters. The smallest absolute Gasteiger partial charge is 0.334 e. The molecule has 1 atom stereocenters. The first kappa shape index (κ1) is 18.0. The number of hydrogen-bond donors (Lipinski definition) is 2. The second kappa shape index (κ2) is 8.50. The van der Waals surface area contributed by atoms with Gasteiger partial charge in [0.25, 0.3) is 0 Å². The van der Waals surface area contributed by atoms with E-state index in [2.05, 4.69) is 36.8 Å². The molecule has 4 heteroatoms. The summed E-state index contributed by atoms with van der Waals surface area (Å²) in [5.74, 6) is 0. The first-order valence-electron chi connectivity index (χ1n) is 8.25. The van der Waals surface area contributed by atoms with Crippen LogP contribution in [0.5, 0.6) is 0 Å². The number of urea groups is 1. The summed E-state index contributed by atoms with van der Waals surface area (Å²) in [6.07, 6.45) is 0.836. The van der Waals surface area contributed by atoms with E-state index in [4.69, 9.17) is 4.84 Å². The van der Waals surface area contributed by atoms with E-state index in [1.165, 1.54) is 5.56 Å². The lowest BCUT2D eigenvalue weighted by molar-refractivity contribution is 0.0480. The molecule has 0 aliphatic rings. The van der Waals surface area contributed by atoms with E-state index in [-0.39, 0.29) is 17.5 Å². The van der Waals surface area contributed by atoms with Crippen molar-refractivity contribution in [3.8, 4) is 0 Å². The summed E-state index contributed by atoms with van der Waals surface area (Å²) in [5, 5.41) is 2.92. The maximum Gasteiger partial charge on any atom is 0.338 e. The molecule has 0 spiro atoms. The SMILES string of the molecule is CC(CC(C)(C)c1ccccc1)NC(=O)NOCc1ccccc1. The molecule has 0 bridgehead atoms. The predicted octanol–water partition coefficient (Wildman–Crippen LogP) is 4.17. The maximum absolute atomic E-state index is 11.9. The Hall–Kier alpha value is -2.33. The normalized spacial score (nSPS) is 12.5. The third-order valence-corrected chi connectivity index (χ3v) is 4.00. The van der Waals surface area contributed by atoms with E-state index < -0.39 is 0 Å². The fourth-order valence-corrected chi connectivity index (χ4v) is 2.84. The van der Waals surface area contributed by atoms with Crippen molar-refractivity contribution in [1.29, 1.82) is 0 Å². The molecule has 128 valence electrons. The van der Waals surface area contributed by atoms with Gasteiger partial charge in [-0.2, -0.15) is 0 Å². The number of carbonyl (C=O) groups is 1. The molecular weight excluding hydrogens is 300 g/mol. The van der Waals surface area contributed by atoms with Gasteiger partial charge in [0, 0.05) is 6.04 Å². The molecule has 0 aliphatic carbocycles. The fourth-order valence-electron chi connectivity index (χ4n) is 2.84. The van der Waals surface area contributed by atoms with Crippen molar-refractivity contribution in [2.24, 2.45) is 0 Å². The average Bonchev–Trinajstić information content (AvgIpc) is 2.56. The van der Waals surface area contributed by atoms with E-state index >= 15 is 0 Å². The Labute approximate surface area is 144 Å². The van der Waals surface area contributed by atoms with E-state index in [0.29, 0.717) is 6.61 Å². The van der Waals surface area contributed by atoms with Crippen LogP contribution >= 0.6 is 0 Å². The first-order chi connectivity index (χ1) is 11.5. The van der Waals surface area contributed by atoms with Gasteiger partial charge in [0.15, 0.2) is 0 Å². The standard InChI is InChI=1S/C20H26N2O2/c1-16(14-20(2,3)18-12-8-5-9-13-18)21-19(23)22-24-15-17-10-6-4-7-11-17/h4-13,16H,14-15H2,1-3H3,(H2,21,22,23). The summed E-state index contributed by atoms with van der Waals surface area (Å²) in [5.41, 5.74) is 4.70. The van der Waals surface area contributed by atoms with Gasteiger partial charge in [-0.3, -0.25) is 4.84 Å². The van der Waals surface area contributed by atoms with Crippen LogP contribution in [0.1, 0.15) is 38.3 Å². The van der Waals surface area contributed by atoms with Gasteiger partial charge in [0.05, 0.1) is 6.61 Å². The maximum atomic E-state index is 11.9. The Kier molecular flexibility index (Phi) is 6.38. The molecule has 0 heterocycles. The Morgan fingerprint density at radius 3 is 2.25 bits per heavy atom. The van der Waals surface area contributed by atoms with E-state index in [0.717, 1.165) is 12.0 Å². The van der Waals surface area contributed by atoms with Gasteiger partial charge in [0.2, 0.25) is 0 Å². The lowest BCUT2D eigenvalue weighted by Gasteiger charge is -2.29. The van der Waals surface area contributed by atoms with Gasteiger partial charge in [-0.05, 0) is 29.9 Å². The number of rotatable bonds is 7. The average molecular weight is 326 g/mol. The van der Waals surface area contributed by atoms with Gasteiger partial charge in [0.1, 0.15) is 0 Å². The Balaban J connectivity index is 1.75. The highest BCUT2D eigenvalue weighted by molar-refractivity contribution is 5.72. The third kappa shape index (κ3) is 5.70. The van der Waals surface area contributed by atoms with Crippen LogP contribution in [0.4, 0.5) is 4.79 Å². The summed E-state index contributed by atoms with van der Waals surface area (Å²) in [7, 11) is 0. The van der Waals surface area contributed by atoms with Gasteiger partial charge in [-0.15, -0.1) is 0 Å². The number of nitrogens with one attached hydrogen (secondary N) is 2. The fraction of sp³-hybridized carbons (Fsp3) is 0.350. The number of amides is 2. The number of benzene rings is 2. The zero-order valence-corrected chi connectivity index (χ0v) is 14.6. The van der Waals surface area contributed by atoms with Crippen LogP contribution in [0.25, 0.3) is 0 Å². The highest BCUT2D eigenvalue weighted by Crippen LogP contribution is 2.28. The molecule has 24 heavy (non-hydrogen) atoms. The molecule has 0 aromatic heterocycles. The van der Waals surface area contributed by atoms with Crippen LogP contribution in [-0.2, 0) is 16.9 Å². The van der Waals surface area contributed by atoms with Crippen LogP contribution in [0, 0.1) is 0 Å². The number of hydrogen-bond acceptors (Lipinski definition) is 2. The zero-order valence-electron chi connectivity index (χ0n) is 14.6. The minimum atomic E-state index is -0.317. The van der Waals surface area contributed by atoms with E-state index in [1.54, 1.807) is 0 Å². The van der Waals surface area contributed by atoms with Crippen molar-refractivity contribution in [2.45, 2.75) is 45.3 Å². The van der Waals surface area contributed by atoms with Gasteiger partial charge >= 0.3 is 6.03 Å².